The number of ether oxygens (including phenoxy) is 1. The van der Waals surface area contributed by atoms with E-state index in [-0.39, 0.29) is 12.0 Å². The second-order valence-electron chi connectivity index (χ2n) is 3.53. The molecule has 0 bridgehead atoms. The molecule has 2 atom stereocenters. The SMILES string of the molecule is COC(=O)C1NC(C)Cc2sccc21. The largest absolute Gasteiger partial charge is 0.468 e. The van der Waals surface area contributed by atoms with Gasteiger partial charge in [-0.05, 0) is 30.4 Å². The molecule has 0 saturated heterocycles. The fourth-order valence-corrected chi connectivity index (χ4v) is 2.84. The summed E-state index contributed by atoms with van der Waals surface area (Å²) >= 11 is 1.71. The van der Waals surface area contributed by atoms with E-state index in [1.165, 1.54) is 12.0 Å². The Hall–Kier alpha value is -0.870. The van der Waals surface area contributed by atoms with Crippen molar-refractivity contribution in [1.29, 1.82) is 0 Å². The van der Waals surface area contributed by atoms with Crippen molar-refractivity contribution in [2.75, 3.05) is 7.11 Å². The number of fused-ring (bicyclic) bond motifs is 1. The van der Waals surface area contributed by atoms with Gasteiger partial charge >= 0.3 is 5.97 Å². The molecule has 2 unspecified atom stereocenters. The highest BCUT2D eigenvalue weighted by molar-refractivity contribution is 7.10. The Balaban J connectivity index is 2.32. The van der Waals surface area contributed by atoms with Crippen LogP contribution < -0.4 is 5.32 Å². The van der Waals surface area contributed by atoms with E-state index in [9.17, 15) is 4.79 Å². The van der Waals surface area contributed by atoms with Gasteiger partial charge < -0.3 is 4.74 Å². The predicted molar refractivity (Wildman–Crippen MR) is 55.4 cm³/mol. The van der Waals surface area contributed by atoms with Gasteiger partial charge in [0.25, 0.3) is 0 Å². The van der Waals surface area contributed by atoms with Crippen molar-refractivity contribution in [3.63, 3.8) is 0 Å². The second-order valence-corrected chi connectivity index (χ2v) is 4.53. The van der Waals surface area contributed by atoms with Gasteiger partial charge in [0.05, 0.1) is 7.11 Å². The molecule has 1 N–H and O–H groups in total. The first-order chi connectivity index (χ1) is 6.72. The summed E-state index contributed by atoms with van der Waals surface area (Å²) < 4.78 is 4.77. The summed E-state index contributed by atoms with van der Waals surface area (Å²) in [6, 6.07) is 2.07. The highest BCUT2D eigenvalue weighted by Gasteiger charge is 2.30. The van der Waals surface area contributed by atoms with Crippen LogP contribution in [-0.2, 0) is 16.0 Å². The number of carbonyl (C=O) groups is 1. The van der Waals surface area contributed by atoms with E-state index in [1.54, 1.807) is 11.3 Å². The van der Waals surface area contributed by atoms with Crippen LogP contribution in [0.1, 0.15) is 23.4 Å². The van der Waals surface area contributed by atoms with Crippen LogP contribution in [0.4, 0.5) is 0 Å². The summed E-state index contributed by atoms with van der Waals surface area (Å²) in [6.45, 7) is 2.08. The molecular formula is C10H13NO2S. The Bertz CT molecular complexity index is 348. The smallest absolute Gasteiger partial charge is 0.327 e. The Morgan fingerprint density at radius 1 is 1.71 bits per heavy atom. The Labute approximate surface area is 87.1 Å². The van der Waals surface area contributed by atoms with Crippen LogP contribution in [0.25, 0.3) is 0 Å². The maximum Gasteiger partial charge on any atom is 0.327 e. The average molecular weight is 211 g/mol. The van der Waals surface area contributed by atoms with Crippen LogP contribution in [0, 0.1) is 0 Å². The van der Waals surface area contributed by atoms with Crippen molar-refractivity contribution < 1.29 is 9.53 Å². The van der Waals surface area contributed by atoms with Crippen LogP contribution in [0.15, 0.2) is 11.4 Å². The van der Waals surface area contributed by atoms with Gasteiger partial charge in [-0.15, -0.1) is 11.3 Å². The van der Waals surface area contributed by atoms with Crippen molar-refractivity contribution >= 4 is 17.3 Å². The van der Waals surface area contributed by atoms with E-state index >= 15 is 0 Å². The lowest BCUT2D eigenvalue weighted by atomic mass is 9.98. The quantitative estimate of drug-likeness (QED) is 0.715. The molecular weight excluding hydrogens is 198 g/mol. The fraction of sp³-hybridized carbons (Fsp3) is 0.500. The highest BCUT2D eigenvalue weighted by atomic mass is 32.1. The van der Waals surface area contributed by atoms with Crippen LogP contribution in [0.5, 0.6) is 0 Å². The van der Waals surface area contributed by atoms with Crippen LogP contribution in [0.3, 0.4) is 0 Å². The zero-order chi connectivity index (χ0) is 10.1. The van der Waals surface area contributed by atoms with E-state index in [2.05, 4.69) is 12.2 Å². The molecule has 4 heteroatoms. The summed E-state index contributed by atoms with van der Waals surface area (Å²) in [5, 5.41) is 5.27. The van der Waals surface area contributed by atoms with E-state index in [0.29, 0.717) is 6.04 Å². The number of hydrogen-bond donors (Lipinski definition) is 1. The molecule has 0 fully saturated rings. The minimum Gasteiger partial charge on any atom is -0.468 e. The van der Waals surface area contributed by atoms with E-state index in [1.807, 2.05) is 11.4 Å². The first-order valence-corrected chi connectivity index (χ1v) is 5.50. The molecule has 1 aromatic heterocycles. The number of hydrogen-bond acceptors (Lipinski definition) is 4. The maximum atomic E-state index is 11.5. The van der Waals surface area contributed by atoms with Crippen molar-refractivity contribution in [2.24, 2.45) is 0 Å². The van der Waals surface area contributed by atoms with Crippen LogP contribution in [0.2, 0.25) is 0 Å². The zero-order valence-corrected chi connectivity index (χ0v) is 9.06. The molecule has 2 rings (SSSR count). The van der Waals surface area contributed by atoms with Crippen LogP contribution in [-0.4, -0.2) is 19.1 Å². The molecule has 76 valence electrons. The van der Waals surface area contributed by atoms with Gasteiger partial charge in [0.1, 0.15) is 6.04 Å². The zero-order valence-electron chi connectivity index (χ0n) is 8.24. The molecule has 1 aliphatic rings. The monoisotopic (exact) mass is 211 g/mol. The molecule has 0 spiro atoms. The number of carbonyl (C=O) groups excluding carboxylic acids is 1. The molecule has 1 aromatic rings. The first-order valence-electron chi connectivity index (χ1n) is 4.62. The van der Waals surface area contributed by atoms with E-state index in [4.69, 9.17) is 4.74 Å². The van der Waals surface area contributed by atoms with Gasteiger partial charge in [-0.25, -0.2) is 4.79 Å². The number of methoxy groups -OCH3 is 1. The second kappa shape index (κ2) is 3.71. The lowest BCUT2D eigenvalue weighted by Gasteiger charge is -2.27. The maximum absolute atomic E-state index is 11.5. The molecule has 0 amide bonds. The lowest BCUT2D eigenvalue weighted by Crippen LogP contribution is -2.40. The third kappa shape index (κ3) is 1.55. The van der Waals surface area contributed by atoms with Crippen molar-refractivity contribution in [3.8, 4) is 0 Å². The van der Waals surface area contributed by atoms with Gasteiger partial charge in [-0.2, -0.15) is 0 Å². The normalized spacial score (nSPS) is 25.6. The molecule has 14 heavy (non-hydrogen) atoms. The third-order valence-electron chi connectivity index (χ3n) is 2.47. The molecule has 0 aromatic carbocycles. The number of nitrogens with one attached hydrogen (secondary N) is 1. The topological polar surface area (TPSA) is 38.3 Å². The third-order valence-corrected chi connectivity index (χ3v) is 3.43. The Morgan fingerprint density at radius 3 is 3.21 bits per heavy atom. The lowest BCUT2D eigenvalue weighted by molar-refractivity contribution is -0.143. The molecule has 2 heterocycles. The van der Waals surface area contributed by atoms with Gasteiger partial charge in [-0.1, -0.05) is 0 Å². The Morgan fingerprint density at radius 2 is 2.50 bits per heavy atom. The van der Waals surface area contributed by atoms with Gasteiger partial charge in [0.2, 0.25) is 0 Å². The summed E-state index contributed by atoms with van der Waals surface area (Å²) in [5.74, 6) is -0.198. The predicted octanol–water partition coefficient (Wildman–Crippen LogP) is 1.50. The number of esters is 1. The number of thiophene rings is 1. The van der Waals surface area contributed by atoms with E-state index < -0.39 is 0 Å². The fourth-order valence-electron chi connectivity index (χ4n) is 1.80. The summed E-state index contributed by atoms with van der Waals surface area (Å²) in [7, 11) is 1.43. The minimum atomic E-state index is -0.273. The van der Waals surface area contributed by atoms with Crippen molar-refractivity contribution in [2.45, 2.75) is 25.4 Å². The summed E-state index contributed by atoms with van der Waals surface area (Å²) in [6.07, 6.45) is 1.00. The summed E-state index contributed by atoms with van der Waals surface area (Å²) in [4.78, 5) is 12.8. The van der Waals surface area contributed by atoms with Gasteiger partial charge in [0.15, 0.2) is 0 Å². The average Bonchev–Trinajstić information content (AvgIpc) is 2.62. The number of rotatable bonds is 1. The molecule has 0 saturated carbocycles. The Kier molecular flexibility index (Phi) is 2.56. The highest BCUT2D eigenvalue weighted by Crippen LogP contribution is 2.30. The molecule has 1 aliphatic heterocycles. The standard InChI is InChI=1S/C10H13NO2S/c1-6-5-8-7(3-4-14-8)9(11-6)10(12)13-2/h3-4,6,9,11H,5H2,1-2H3. The summed E-state index contributed by atoms with van der Waals surface area (Å²) in [5.41, 5.74) is 1.08. The van der Waals surface area contributed by atoms with Crippen LogP contribution >= 0.6 is 11.3 Å². The molecule has 0 radical (unpaired) electrons. The van der Waals surface area contributed by atoms with Crippen molar-refractivity contribution in [1.82, 2.24) is 5.32 Å². The molecule has 0 aliphatic carbocycles. The van der Waals surface area contributed by atoms with Gasteiger partial charge in [0, 0.05) is 10.9 Å². The first kappa shape index (κ1) is 9.68. The van der Waals surface area contributed by atoms with Crippen molar-refractivity contribution in [3.05, 3.63) is 21.9 Å². The minimum absolute atomic E-state index is 0.198. The molecule has 3 nitrogen and oxygen atoms in total. The van der Waals surface area contributed by atoms with Gasteiger partial charge in [-0.3, -0.25) is 5.32 Å². The van der Waals surface area contributed by atoms with E-state index in [0.717, 1.165) is 12.0 Å².